The molecule has 2 aromatic rings. The Morgan fingerprint density at radius 1 is 1.38 bits per heavy atom. The van der Waals surface area contributed by atoms with Crippen LogP contribution in [0.4, 0.5) is 29.3 Å². The van der Waals surface area contributed by atoms with Gasteiger partial charge in [0, 0.05) is 23.2 Å². The van der Waals surface area contributed by atoms with Crippen molar-refractivity contribution < 1.29 is 28.0 Å². The number of anilines is 1. The molecule has 0 bridgehead atoms. The molecule has 128 valence electrons. The van der Waals surface area contributed by atoms with Gasteiger partial charge in [-0.3, -0.25) is 15.0 Å². The van der Waals surface area contributed by atoms with Crippen molar-refractivity contribution in [3.63, 3.8) is 0 Å². The molecule has 1 amide bonds. The summed E-state index contributed by atoms with van der Waals surface area (Å²) in [7, 11) is 0. The van der Waals surface area contributed by atoms with Crippen LogP contribution in [-0.2, 0) is 6.18 Å². The maximum Gasteiger partial charge on any atom is 0.434 e. The number of nitro benzene ring substituents is 1. The summed E-state index contributed by atoms with van der Waals surface area (Å²) in [4.78, 5) is 25.7. The Hall–Kier alpha value is -2.69. The van der Waals surface area contributed by atoms with Crippen molar-refractivity contribution in [1.82, 2.24) is 4.98 Å². The number of halogens is 3. The summed E-state index contributed by atoms with van der Waals surface area (Å²) in [5, 5.41) is 20.7. The summed E-state index contributed by atoms with van der Waals surface area (Å²) >= 11 is 0.689. The molecule has 2 rings (SSSR count). The molecule has 0 radical (unpaired) electrons. The standard InChI is InChI=1S/C13H10F3N3O4S/c1-7(11-17-10(6-24-11)13(14,15)16)18(12(20)21)8-2-4-9(5-3-8)19(22)23/h2-7H,1H3,(H,20,21). The Labute approximate surface area is 137 Å². The second-order valence-electron chi connectivity index (χ2n) is 4.67. The summed E-state index contributed by atoms with van der Waals surface area (Å²) in [6.45, 7) is 1.38. The molecule has 11 heteroatoms. The van der Waals surface area contributed by atoms with Gasteiger partial charge in [0.25, 0.3) is 5.69 Å². The predicted molar refractivity (Wildman–Crippen MR) is 79.1 cm³/mol. The second-order valence-corrected chi connectivity index (χ2v) is 5.56. The molecule has 0 saturated carbocycles. The highest BCUT2D eigenvalue weighted by Crippen LogP contribution is 2.35. The summed E-state index contributed by atoms with van der Waals surface area (Å²) in [5.74, 6) is 0. The van der Waals surface area contributed by atoms with E-state index in [1.165, 1.54) is 19.1 Å². The van der Waals surface area contributed by atoms with Crippen molar-refractivity contribution in [2.75, 3.05) is 4.90 Å². The van der Waals surface area contributed by atoms with Crippen molar-refractivity contribution in [2.24, 2.45) is 0 Å². The summed E-state index contributed by atoms with van der Waals surface area (Å²) in [6, 6.07) is 3.65. The van der Waals surface area contributed by atoms with Crippen LogP contribution in [0.5, 0.6) is 0 Å². The monoisotopic (exact) mass is 361 g/mol. The molecule has 1 N–H and O–H groups in total. The van der Waals surface area contributed by atoms with Gasteiger partial charge in [0.15, 0.2) is 5.69 Å². The molecule has 0 spiro atoms. The number of thiazole rings is 1. The van der Waals surface area contributed by atoms with Gasteiger partial charge in [-0.25, -0.2) is 9.78 Å². The van der Waals surface area contributed by atoms with Crippen molar-refractivity contribution in [3.05, 3.63) is 50.5 Å². The van der Waals surface area contributed by atoms with Gasteiger partial charge in [0.05, 0.1) is 11.0 Å². The minimum absolute atomic E-state index is 0.0388. The van der Waals surface area contributed by atoms with Crippen LogP contribution in [0.2, 0.25) is 0 Å². The average Bonchev–Trinajstić information content (AvgIpc) is 2.97. The third kappa shape index (κ3) is 3.62. The van der Waals surface area contributed by atoms with Gasteiger partial charge in [-0.1, -0.05) is 0 Å². The molecular formula is C13H10F3N3O4S. The first-order valence-corrected chi connectivity index (χ1v) is 7.28. The summed E-state index contributed by atoms with van der Waals surface area (Å²) in [5.41, 5.74) is -1.24. The molecule has 0 aliphatic rings. The molecule has 1 heterocycles. The minimum atomic E-state index is -4.62. The normalized spacial score (nSPS) is 12.7. The van der Waals surface area contributed by atoms with Gasteiger partial charge >= 0.3 is 12.3 Å². The lowest BCUT2D eigenvalue weighted by molar-refractivity contribution is -0.384. The molecular weight excluding hydrogens is 351 g/mol. The van der Waals surface area contributed by atoms with E-state index in [0.29, 0.717) is 11.3 Å². The van der Waals surface area contributed by atoms with E-state index >= 15 is 0 Å². The zero-order valence-electron chi connectivity index (χ0n) is 12.0. The zero-order valence-corrected chi connectivity index (χ0v) is 12.8. The number of aromatic nitrogens is 1. The number of carboxylic acid groups (broad SMARTS) is 1. The Morgan fingerprint density at radius 3 is 2.38 bits per heavy atom. The Balaban J connectivity index is 2.34. The van der Waals surface area contributed by atoms with Gasteiger partial charge in [-0.15, -0.1) is 11.3 Å². The first-order chi connectivity index (χ1) is 11.1. The smallest absolute Gasteiger partial charge is 0.434 e. The number of alkyl halides is 3. The number of hydrogen-bond acceptors (Lipinski definition) is 5. The molecule has 1 aromatic carbocycles. The minimum Gasteiger partial charge on any atom is -0.465 e. The van der Waals surface area contributed by atoms with E-state index in [1.807, 2.05) is 0 Å². The topological polar surface area (TPSA) is 96.6 Å². The molecule has 0 aliphatic carbocycles. The third-order valence-corrected chi connectivity index (χ3v) is 4.12. The fourth-order valence-electron chi connectivity index (χ4n) is 1.95. The molecule has 1 atom stereocenters. The van der Waals surface area contributed by atoms with E-state index in [4.69, 9.17) is 0 Å². The molecule has 1 unspecified atom stereocenters. The highest BCUT2D eigenvalue weighted by atomic mass is 32.1. The number of rotatable bonds is 4. The van der Waals surface area contributed by atoms with Crippen molar-refractivity contribution in [1.29, 1.82) is 0 Å². The Morgan fingerprint density at radius 2 is 1.96 bits per heavy atom. The Bertz CT molecular complexity index is 761. The lowest BCUT2D eigenvalue weighted by atomic mass is 10.2. The summed E-state index contributed by atoms with van der Waals surface area (Å²) in [6.07, 6.45) is -6.03. The number of amides is 1. The van der Waals surface area contributed by atoms with Gasteiger partial charge in [-0.2, -0.15) is 13.2 Å². The largest absolute Gasteiger partial charge is 0.465 e. The number of carbonyl (C=O) groups is 1. The van der Waals surface area contributed by atoms with Gasteiger partial charge < -0.3 is 5.11 Å². The molecule has 7 nitrogen and oxygen atoms in total. The van der Waals surface area contributed by atoms with E-state index in [9.17, 15) is 33.2 Å². The van der Waals surface area contributed by atoms with Crippen LogP contribution in [-0.4, -0.2) is 21.1 Å². The number of benzene rings is 1. The van der Waals surface area contributed by atoms with Crippen LogP contribution >= 0.6 is 11.3 Å². The fraction of sp³-hybridized carbons (Fsp3) is 0.231. The summed E-state index contributed by atoms with van der Waals surface area (Å²) < 4.78 is 37.9. The molecule has 1 aromatic heterocycles. The molecule has 24 heavy (non-hydrogen) atoms. The predicted octanol–water partition coefficient (Wildman–Crippen LogP) is 4.32. The highest BCUT2D eigenvalue weighted by molar-refractivity contribution is 7.09. The van der Waals surface area contributed by atoms with Crippen molar-refractivity contribution >= 4 is 28.8 Å². The number of nitro groups is 1. The van der Waals surface area contributed by atoms with Crippen LogP contribution in [0.15, 0.2) is 29.6 Å². The van der Waals surface area contributed by atoms with Gasteiger partial charge in [-0.05, 0) is 19.1 Å². The third-order valence-electron chi connectivity index (χ3n) is 3.10. The number of hydrogen-bond donors (Lipinski definition) is 1. The molecule has 0 saturated heterocycles. The van der Waals surface area contributed by atoms with Crippen LogP contribution in [0, 0.1) is 10.1 Å². The van der Waals surface area contributed by atoms with Crippen molar-refractivity contribution in [3.8, 4) is 0 Å². The van der Waals surface area contributed by atoms with Crippen LogP contribution in [0.3, 0.4) is 0 Å². The Kier molecular flexibility index (Phi) is 4.73. The van der Waals surface area contributed by atoms with Crippen LogP contribution < -0.4 is 4.90 Å². The average molecular weight is 361 g/mol. The SMILES string of the molecule is CC(c1nc(C(F)(F)F)cs1)N(C(=O)O)c1ccc([N+](=O)[O-])cc1. The second kappa shape index (κ2) is 6.43. The maximum absolute atomic E-state index is 12.6. The number of nitrogens with zero attached hydrogens (tertiary/aromatic N) is 3. The number of non-ortho nitro benzene ring substituents is 1. The molecule has 0 aliphatic heterocycles. The lowest BCUT2D eigenvalue weighted by Gasteiger charge is -2.24. The first kappa shape index (κ1) is 17.7. The highest BCUT2D eigenvalue weighted by Gasteiger charge is 2.35. The quantitative estimate of drug-likeness (QED) is 0.646. The van der Waals surface area contributed by atoms with E-state index in [2.05, 4.69) is 4.98 Å². The van der Waals surface area contributed by atoms with E-state index in [1.54, 1.807) is 0 Å². The van der Waals surface area contributed by atoms with E-state index in [-0.39, 0.29) is 16.4 Å². The van der Waals surface area contributed by atoms with Crippen LogP contribution in [0.1, 0.15) is 23.7 Å². The fourth-order valence-corrected chi connectivity index (χ4v) is 2.83. The van der Waals surface area contributed by atoms with E-state index < -0.39 is 28.9 Å². The first-order valence-electron chi connectivity index (χ1n) is 6.40. The molecule has 0 fully saturated rings. The van der Waals surface area contributed by atoms with Crippen LogP contribution in [0.25, 0.3) is 0 Å². The van der Waals surface area contributed by atoms with Gasteiger partial charge in [0.1, 0.15) is 5.01 Å². The lowest BCUT2D eigenvalue weighted by Crippen LogP contribution is -2.32. The van der Waals surface area contributed by atoms with Crippen molar-refractivity contribution in [2.45, 2.75) is 19.1 Å². The zero-order chi connectivity index (χ0) is 18.1. The van der Waals surface area contributed by atoms with E-state index in [0.717, 1.165) is 22.4 Å². The maximum atomic E-state index is 12.6. The van der Waals surface area contributed by atoms with Gasteiger partial charge in [0.2, 0.25) is 0 Å².